The minimum absolute atomic E-state index is 0.0200. The monoisotopic (exact) mass is 228 g/mol. The van der Waals surface area contributed by atoms with E-state index in [1.165, 1.54) is 0 Å². The molecule has 1 rings (SSSR count). The largest absolute Gasteiger partial charge is 0.444 e. The molecule has 5 nitrogen and oxygen atoms in total. The average Bonchev–Trinajstić information content (AvgIpc) is 2.44. The molecule has 0 aromatic carbocycles. The van der Waals surface area contributed by atoms with Gasteiger partial charge in [-0.3, -0.25) is 4.79 Å². The van der Waals surface area contributed by atoms with Crippen molar-refractivity contribution in [3.63, 3.8) is 0 Å². The Hall–Kier alpha value is -1.26. The van der Waals surface area contributed by atoms with Crippen LogP contribution in [0, 0.1) is 0 Å². The fourth-order valence-corrected chi connectivity index (χ4v) is 1.64. The maximum atomic E-state index is 11.7. The summed E-state index contributed by atoms with van der Waals surface area (Å²) >= 11 is 0. The fraction of sp³-hybridized carbons (Fsp3) is 0.818. The number of hydrogen-bond donors (Lipinski definition) is 1. The van der Waals surface area contributed by atoms with Crippen molar-refractivity contribution < 1.29 is 14.3 Å². The third-order valence-corrected chi connectivity index (χ3v) is 2.37. The van der Waals surface area contributed by atoms with Gasteiger partial charge in [-0.05, 0) is 34.1 Å². The van der Waals surface area contributed by atoms with Crippen LogP contribution < -0.4 is 5.32 Å². The Kier molecular flexibility index (Phi) is 3.78. The van der Waals surface area contributed by atoms with Crippen molar-refractivity contribution in [3.8, 4) is 0 Å². The van der Waals surface area contributed by atoms with E-state index < -0.39 is 17.7 Å². The maximum absolute atomic E-state index is 11.7. The van der Waals surface area contributed by atoms with Crippen LogP contribution in [0.2, 0.25) is 0 Å². The first-order chi connectivity index (χ1) is 7.33. The third kappa shape index (κ3) is 3.40. The fourth-order valence-electron chi connectivity index (χ4n) is 1.64. The molecule has 0 aromatic heterocycles. The normalized spacial score (nSPS) is 21.1. The van der Waals surface area contributed by atoms with Gasteiger partial charge in [-0.15, -0.1) is 0 Å². The van der Waals surface area contributed by atoms with E-state index in [-0.39, 0.29) is 5.91 Å². The minimum Gasteiger partial charge on any atom is -0.444 e. The van der Waals surface area contributed by atoms with Gasteiger partial charge in [0.1, 0.15) is 11.6 Å². The van der Waals surface area contributed by atoms with E-state index in [1.807, 2.05) is 6.92 Å². The van der Waals surface area contributed by atoms with E-state index in [0.717, 1.165) is 0 Å². The van der Waals surface area contributed by atoms with Crippen molar-refractivity contribution >= 4 is 12.0 Å². The number of carbonyl (C=O) groups excluding carboxylic acids is 2. The lowest BCUT2D eigenvalue weighted by Gasteiger charge is -2.21. The number of hydrogen-bond acceptors (Lipinski definition) is 3. The highest BCUT2D eigenvalue weighted by Crippen LogP contribution is 2.12. The van der Waals surface area contributed by atoms with Crippen molar-refractivity contribution in [2.45, 2.75) is 45.8 Å². The molecule has 1 N–H and O–H groups in total. The summed E-state index contributed by atoms with van der Waals surface area (Å²) in [6.07, 6.45) is 0.134. The lowest BCUT2D eigenvalue weighted by Crippen LogP contribution is -2.43. The van der Waals surface area contributed by atoms with E-state index in [0.29, 0.717) is 19.5 Å². The molecule has 1 aliphatic rings. The van der Waals surface area contributed by atoms with Crippen molar-refractivity contribution in [2.75, 3.05) is 13.1 Å². The molecule has 2 amide bonds. The Morgan fingerprint density at radius 2 is 2.19 bits per heavy atom. The van der Waals surface area contributed by atoms with Gasteiger partial charge in [0.05, 0.1) is 0 Å². The molecule has 1 aliphatic heterocycles. The van der Waals surface area contributed by atoms with Crippen molar-refractivity contribution in [1.82, 2.24) is 10.2 Å². The molecule has 1 fully saturated rings. The van der Waals surface area contributed by atoms with Gasteiger partial charge in [0.2, 0.25) is 5.91 Å². The quantitative estimate of drug-likeness (QED) is 0.770. The van der Waals surface area contributed by atoms with Crippen LogP contribution in [-0.4, -0.2) is 41.6 Å². The molecule has 16 heavy (non-hydrogen) atoms. The summed E-state index contributed by atoms with van der Waals surface area (Å²) in [5, 5.41) is 2.60. The molecular weight excluding hydrogens is 208 g/mol. The van der Waals surface area contributed by atoms with Gasteiger partial charge in [-0.1, -0.05) is 0 Å². The van der Waals surface area contributed by atoms with Gasteiger partial charge >= 0.3 is 6.09 Å². The van der Waals surface area contributed by atoms with Gasteiger partial charge in [0.15, 0.2) is 0 Å². The molecule has 1 unspecified atom stereocenters. The van der Waals surface area contributed by atoms with Crippen LogP contribution in [0.25, 0.3) is 0 Å². The molecule has 1 saturated heterocycles. The first-order valence-corrected chi connectivity index (χ1v) is 5.62. The standard InChI is InChI=1S/C11H20N2O3/c1-5-13-7-6-8(9(13)14)12-10(15)16-11(2,3)4/h8H,5-7H2,1-4H3,(H,12,15). The third-order valence-electron chi connectivity index (χ3n) is 2.37. The van der Waals surface area contributed by atoms with Gasteiger partial charge in [0, 0.05) is 13.1 Å². The summed E-state index contributed by atoms with van der Waals surface area (Å²) in [4.78, 5) is 24.9. The number of alkyl carbamates (subject to hydrolysis) is 1. The minimum atomic E-state index is -0.532. The Labute approximate surface area is 96.1 Å². The number of ether oxygens (including phenoxy) is 1. The highest BCUT2D eigenvalue weighted by atomic mass is 16.6. The molecule has 0 spiro atoms. The highest BCUT2D eigenvalue weighted by Gasteiger charge is 2.32. The predicted octanol–water partition coefficient (Wildman–Crippen LogP) is 1.13. The Morgan fingerprint density at radius 1 is 1.56 bits per heavy atom. The maximum Gasteiger partial charge on any atom is 0.408 e. The van der Waals surface area contributed by atoms with Crippen molar-refractivity contribution in [2.24, 2.45) is 0 Å². The van der Waals surface area contributed by atoms with Crippen molar-refractivity contribution in [3.05, 3.63) is 0 Å². The SMILES string of the molecule is CCN1CCC(NC(=O)OC(C)(C)C)C1=O. The van der Waals surface area contributed by atoms with Gasteiger partial charge < -0.3 is 15.0 Å². The highest BCUT2D eigenvalue weighted by molar-refractivity contribution is 5.87. The molecule has 0 saturated carbocycles. The average molecular weight is 228 g/mol. The smallest absolute Gasteiger partial charge is 0.408 e. The Bertz CT molecular complexity index is 283. The lowest BCUT2D eigenvalue weighted by atomic mass is 10.2. The Balaban J connectivity index is 2.44. The number of rotatable bonds is 2. The van der Waals surface area contributed by atoms with Crippen LogP contribution in [0.5, 0.6) is 0 Å². The first kappa shape index (κ1) is 12.8. The number of carbonyl (C=O) groups is 2. The lowest BCUT2D eigenvalue weighted by molar-refractivity contribution is -0.129. The molecule has 1 heterocycles. The summed E-state index contributed by atoms with van der Waals surface area (Å²) < 4.78 is 5.10. The summed E-state index contributed by atoms with van der Waals surface area (Å²) in [6, 6.07) is -0.421. The molecule has 92 valence electrons. The van der Waals surface area contributed by atoms with Gasteiger partial charge in [-0.2, -0.15) is 0 Å². The number of nitrogens with zero attached hydrogens (tertiary/aromatic N) is 1. The molecule has 1 atom stereocenters. The van der Waals surface area contributed by atoms with Crippen LogP contribution in [0.3, 0.4) is 0 Å². The molecule has 5 heteroatoms. The van der Waals surface area contributed by atoms with E-state index >= 15 is 0 Å². The van der Waals surface area contributed by atoms with E-state index in [9.17, 15) is 9.59 Å². The van der Waals surface area contributed by atoms with Gasteiger partial charge in [-0.25, -0.2) is 4.79 Å². The summed E-state index contributed by atoms with van der Waals surface area (Å²) in [5.74, 6) is -0.0200. The van der Waals surface area contributed by atoms with Crippen LogP contribution in [0.1, 0.15) is 34.1 Å². The molecular formula is C11H20N2O3. The zero-order valence-corrected chi connectivity index (χ0v) is 10.4. The van der Waals surface area contributed by atoms with E-state index in [2.05, 4.69) is 5.32 Å². The molecule has 0 aliphatic carbocycles. The second-order valence-corrected chi connectivity index (χ2v) is 4.91. The zero-order chi connectivity index (χ0) is 12.3. The number of amides is 2. The zero-order valence-electron chi connectivity index (χ0n) is 10.4. The number of likely N-dealkylation sites (N-methyl/N-ethyl adjacent to an activating group) is 1. The summed E-state index contributed by atoms with van der Waals surface area (Å²) in [7, 11) is 0. The number of likely N-dealkylation sites (tertiary alicyclic amines) is 1. The Morgan fingerprint density at radius 3 is 2.62 bits per heavy atom. The topological polar surface area (TPSA) is 58.6 Å². The first-order valence-electron chi connectivity index (χ1n) is 5.62. The molecule has 0 bridgehead atoms. The second-order valence-electron chi connectivity index (χ2n) is 4.91. The molecule has 0 aromatic rings. The van der Waals surface area contributed by atoms with E-state index in [4.69, 9.17) is 4.74 Å². The predicted molar refractivity (Wildman–Crippen MR) is 60.0 cm³/mol. The molecule has 0 radical (unpaired) electrons. The summed E-state index contributed by atoms with van der Waals surface area (Å²) in [5.41, 5.74) is -0.532. The van der Waals surface area contributed by atoms with Crippen LogP contribution in [0.4, 0.5) is 4.79 Å². The van der Waals surface area contributed by atoms with Crippen LogP contribution in [0.15, 0.2) is 0 Å². The van der Waals surface area contributed by atoms with Crippen LogP contribution in [-0.2, 0) is 9.53 Å². The summed E-state index contributed by atoms with van der Waals surface area (Å²) in [6.45, 7) is 8.69. The van der Waals surface area contributed by atoms with Gasteiger partial charge in [0.25, 0.3) is 0 Å². The second kappa shape index (κ2) is 4.72. The van der Waals surface area contributed by atoms with Crippen LogP contribution >= 0.6 is 0 Å². The van der Waals surface area contributed by atoms with E-state index in [1.54, 1.807) is 25.7 Å². The van der Waals surface area contributed by atoms with Crippen molar-refractivity contribution in [1.29, 1.82) is 0 Å². The number of nitrogens with one attached hydrogen (secondary N) is 1.